The van der Waals surface area contributed by atoms with Crippen molar-refractivity contribution in [3.8, 4) is 0 Å². The van der Waals surface area contributed by atoms with Gasteiger partial charge in [-0.05, 0) is 25.7 Å². The molecule has 4 atom stereocenters. The Balaban J connectivity index is 1.62. The predicted molar refractivity (Wildman–Crippen MR) is 78.6 cm³/mol. The molecule has 118 valence electrons. The second kappa shape index (κ2) is 5.27. The summed E-state index contributed by atoms with van der Waals surface area (Å²) < 4.78 is 5.73. The van der Waals surface area contributed by atoms with Crippen molar-refractivity contribution in [1.82, 2.24) is 10.2 Å². The van der Waals surface area contributed by atoms with Crippen LogP contribution >= 0.6 is 0 Å². The zero-order valence-electron chi connectivity index (χ0n) is 13.2. The van der Waals surface area contributed by atoms with E-state index in [1.807, 2.05) is 0 Å². The molecule has 5 heteroatoms. The molecule has 0 aromatic heterocycles. The molecule has 2 amide bonds. The number of ether oxygens (including phenoxy) is 1. The van der Waals surface area contributed by atoms with Crippen LogP contribution in [0.2, 0.25) is 0 Å². The van der Waals surface area contributed by atoms with E-state index in [0.717, 1.165) is 32.3 Å². The lowest BCUT2D eigenvalue weighted by Gasteiger charge is -2.54. The quantitative estimate of drug-likeness (QED) is 0.781. The van der Waals surface area contributed by atoms with Crippen LogP contribution < -0.4 is 5.32 Å². The average Bonchev–Trinajstić information content (AvgIpc) is 3.10. The first kappa shape index (κ1) is 14.8. The monoisotopic (exact) mass is 294 g/mol. The normalized spacial score (nSPS) is 37.0. The Hall–Kier alpha value is -1.10. The lowest BCUT2D eigenvalue weighted by Crippen LogP contribution is -2.68. The Labute approximate surface area is 126 Å². The van der Waals surface area contributed by atoms with Crippen molar-refractivity contribution in [2.24, 2.45) is 11.3 Å². The van der Waals surface area contributed by atoms with E-state index in [2.05, 4.69) is 26.1 Å². The summed E-state index contributed by atoms with van der Waals surface area (Å²) >= 11 is 0. The predicted octanol–water partition coefficient (Wildman–Crippen LogP) is 1.32. The van der Waals surface area contributed by atoms with E-state index in [9.17, 15) is 9.59 Å². The second-order valence-corrected chi connectivity index (χ2v) is 7.22. The molecule has 1 saturated carbocycles. The number of carbonyl (C=O) groups excluding carboxylic acids is 2. The molecule has 1 aliphatic carbocycles. The average molecular weight is 294 g/mol. The van der Waals surface area contributed by atoms with Crippen LogP contribution in [0.1, 0.15) is 46.5 Å². The Morgan fingerprint density at radius 2 is 2.10 bits per heavy atom. The number of amides is 2. The summed E-state index contributed by atoms with van der Waals surface area (Å²) in [5, 5.41) is 2.99. The van der Waals surface area contributed by atoms with Crippen molar-refractivity contribution >= 4 is 11.8 Å². The van der Waals surface area contributed by atoms with Gasteiger partial charge in [-0.15, -0.1) is 0 Å². The van der Waals surface area contributed by atoms with Crippen LogP contribution in [0.25, 0.3) is 0 Å². The van der Waals surface area contributed by atoms with Gasteiger partial charge >= 0.3 is 11.8 Å². The molecule has 5 nitrogen and oxygen atoms in total. The summed E-state index contributed by atoms with van der Waals surface area (Å²) in [5.41, 5.74) is -0.0771. The Bertz CT molecular complexity index is 449. The van der Waals surface area contributed by atoms with Gasteiger partial charge in [0.05, 0.1) is 6.10 Å². The van der Waals surface area contributed by atoms with Crippen LogP contribution in [0.4, 0.5) is 0 Å². The summed E-state index contributed by atoms with van der Waals surface area (Å²) in [4.78, 5) is 26.5. The molecule has 2 saturated heterocycles. The highest BCUT2D eigenvalue weighted by Crippen LogP contribution is 2.52. The first-order valence-electron chi connectivity index (χ1n) is 8.20. The van der Waals surface area contributed by atoms with Crippen LogP contribution in [0, 0.1) is 11.3 Å². The molecular weight excluding hydrogens is 268 g/mol. The number of hydrogen-bond donors (Lipinski definition) is 1. The zero-order chi connectivity index (χ0) is 15.2. The standard InChI is InChI=1S/C16H26N2O3/c1-4-10-6-5-8-18(10)15(20)14(19)17-12-11-7-9-21-13(11)16(12,2)3/h10-13H,4-9H2,1-3H3,(H,17,19)/t10-,11+,12-,13-/m1/s1. The zero-order valence-corrected chi connectivity index (χ0v) is 13.2. The van der Waals surface area contributed by atoms with Gasteiger partial charge in [0.25, 0.3) is 0 Å². The van der Waals surface area contributed by atoms with E-state index < -0.39 is 5.91 Å². The van der Waals surface area contributed by atoms with E-state index in [0.29, 0.717) is 12.5 Å². The van der Waals surface area contributed by atoms with E-state index in [1.54, 1.807) is 4.90 Å². The maximum Gasteiger partial charge on any atom is 0.312 e. The minimum absolute atomic E-state index is 0.0594. The van der Waals surface area contributed by atoms with Gasteiger partial charge in [0.2, 0.25) is 0 Å². The summed E-state index contributed by atoms with van der Waals surface area (Å²) in [5.74, 6) is -0.409. The van der Waals surface area contributed by atoms with Gasteiger partial charge in [0, 0.05) is 36.6 Å². The highest BCUT2D eigenvalue weighted by Gasteiger charge is 2.60. The minimum atomic E-state index is -0.432. The molecule has 2 heterocycles. The Morgan fingerprint density at radius 1 is 1.33 bits per heavy atom. The van der Waals surface area contributed by atoms with Crippen molar-refractivity contribution in [3.05, 3.63) is 0 Å². The smallest absolute Gasteiger partial charge is 0.312 e. The van der Waals surface area contributed by atoms with Crippen LogP contribution in [0.3, 0.4) is 0 Å². The molecule has 1 N–H and O–H groups in total. The maximum atomic E-state index is 12.4. The largest absolute Gasteiger partial charge is 0.377 e. The van der Waals surface area contributed by atoms with Gasteiger partial charge in [-0.3, -0.25) is 9.59 Å². The van der Waals surface area contributed by atoms with E-state index in [4.69, 9.17) is 4.74 Å². The Morgan fingerprint density at radius 3 is 2.81 bits per heavy atom. The first-order chi connectivity index (χ1) is 9.96. The van der Waals surface area contributed by atoms with Gasteiger partial charge in [-0.1, -0.05) is 20.8 Å². The fourth-order valence-corrected chi connectivity index (χ4v) is 4.48. The molecule has 3 fully saturated rings. The lowest BCUT2D eigenvalue weighted by atomic mass is 9.57. The number of nitrogens with one attached hydrogen (secondary N) is 1. The molecule has 0 aromatic carbocycles. The molecule has 0 aromatic rings. The number of likely N-dealkylation sites (tertiary alicyclic amines) is 1. The number of nitrogens with zero attached hydrogens (tertiary/aromatic N) is 1. The maximum absolute atomic E-state index is 12.4. The highest BCUT2D eigenvalue weighted by atomic mass is 16.5. The van der Waals surface area contributed by atoms with Crippen molar-refractivity contribution in [3.63, 3.8) is 0 Å². The van der Waals surface area contributed by atoms with Gasteiger partial charge in [-0.2, -0.15) is 0 Å². The van der Waals surface area contributed by atoms with Crippen LogP contribution in [0.15, 0.2) is 0 Å². The van der Waals surface area contributed by atoms with Crippen LogP contribution in [0.5, 0.6) is 0 Å². The van der Waals surface area contributed by atoms with Crippen LogP contribution in [-0.4, -0.2) is 48.1 Å². The minimum Gasteiger partial charge on any atom is -0.377 e. The third-order valence-corrected chi connectivity index (χ3v) is 5.69. The summed E-state index contributed by atoms with van der Waals surface area (Å²) in [7, 11) is 0. The second-order valence-electron chi connectivity index (χ2n) is 7.22. The molecule has 3 aliphatic rings. The fraction of sp³-hybridized carbons (Fsp3) is 0.875. The number of hydrogen-bond acceptors (Lipinski definition) is 3. The Kier molecular flexibility index (Phi) is 3.72. The van der Waals surface area contributed by atoms with Gasteiger partial charge < -0.3 is 15.0 Å². The topological polar surface area (TPSA) is 58.6 Å². The highest BCUT2D eigenvalue weighted by molar-refractivity contribution is 6.35. The SMILES string of the molecule is CC[C@@H]1CCCN1C(=O)C(=O)N[C@@H]1[C@@H]2CCO[C@H]2C1(C)C. The van der Waals surface area contributed by atoms with E-state index in [-0.39, 0.29) is 29.5 Å². The first-order valence-corrected chi connectivity index (χ1v) is 8.20. The van der Waals surface area contributed by atoms with E-state index in [1.165, 1.54) is 0 Å². The lowest BCUT2D eigenvalue weighted by molar-refractivity contribution is -0.153. The number of fused-ring (bicyclic) bond motifs is 1. The fourth-order valence-electron chi connectivity index (χ4n) is 4.48. The number of rotatable bonds is 2. The summed E-state index contributed by atoms with van der Waals surface area (Å²) in [6.07, 6.45) is 4.16. The molecular formula is C16H26N2O3. The summed E-state index contributed by atoms with van der Waals surface area (Å²) in [6, 6.07) is 0.296. The molecule has 0 radical (unpaired) electrons. The molecule has 2 aliphatic heterocycles. The van der Waals surface area contributed by atoms with Gasteiger partial charge in [0.1, 0.15) is 0 Å². The van der Waals surface area contributed by atoms with Crippen molar-refractivity contribution in [1.29, 1.82) is 0 Å². The molecule has 21 heavy (non-hydrogen) atoms. The third kappa shape index (κ3) is 2.26. The van der Waals surface area contributed by atoms with Crippen LogP contribution in [-0.2, 0) is 14.3 Å². The van der Waals surface area contributed by atoms with Crippen molar-refractivity contribution < 1.29 is 14.3 Å². The third-order valence-electron chi connectivity index (χ3n) is 5.69. The van der Waals surface area contributed by atoms with Crippen molar-refractivity contribution in [2.75, 3.05) is 13.2 Å². The van der Waals surface area contributed by atoms with E-state index >= 15 is 0 Å². The van der Waals surface area contributed by atoms with Gasteiger partial charge in [0.15, 0.2) is 0 Å². The van der Waals surface area contributed by atoms with Crippen molar-refractivity contribution in [2.45, 2.75) is 64.6 Å². The molecule has 3 rings (SSSR count). The summed E-state index contributed by atoms with van der Waals surface area (Å²) in [6.45, 7) is 7.78. The number of carbonyl (C=O) groups is 2. The molecule has 0 spiro atoms. The molecule has 0 bridgehead atoms. The van der Waals surface area contributed by atoms with Gasteiger partial charge in [-0.25, -0.2) is 0 Å². The molecule has 0 unspecified atom stereocenters.